The Morgan fingerprint density at radius 3 is 0.792 bits per heavy atom. The van der Waals surface area contributed by atoms with Gasteiger partial charge in [-0.15, -0.1) is 0 Å². The van der Waals surface area contributed by atoms with E-state index >= 15 is 0 Å². The maximum absolute atomic E-state index is 13.1. The molecule has 0 radical (unpaired) electrons. The van der Waals surface area contributed by atoms with E-state index in [1.807, 2.05) is 12.2 Å². The van der Waals surface area contributed by atoms with Gasteiger partial charge in [-0.05, 0) is 148 Å². The van der Waals surface area contributed by atoms with Crippen molar-refractivity contribution in [3.8, 4) is 0 Å². The number of carbonyl (C=O) groups excluding carboxylic acids is 4. The molecule has 0 heterocycles. The van der Waals surface area contributed by atoms with Crippen molar-refractivity contribution in [2.24, 2.45) is 0 Å². The lowest BCUT2D eigenvalue weighted by Crippen LogP contribution is -2.30. The largest absolute Gasteiger partial charge is 0.472 e. The van der Waals surface area contributed by atoms with Crippen LogP contribution in [0.4, 0.5) is 0 Å². The normalized spacial score (nSPS) is 14.7. The highest BCUT2D eigenvalue weighted by Gasteiger charge is 2.30. The summed E-state index contributed by atoms with van der Waals surface area (Å²) >= 11 is 0. The van der Waals surface area contributed by atoms with Gasteiger partial charge in [-0.3, -0.25) is 37.3 Å². The second-order valence-corrected chi connectivity index (χ2v) is 29.1. The molecule has 17 nitrogen and oxygen atoms in total. The number of allylic oxidation sites excluding steroid dienone is 27. The number of phosphoric acid groups is 2. The summed E-state index contributed by atoms with van der Waals surface area (Å²) in [6, 6.07) is 0. The molecule has 0 rings (SSSR count). The molecule has 0 aromatic carbocycles. The molecule has 0 amide bonds. The Labute approximate surface area is 642 Å². The van der Waals surface area contributed by atoms with Crippen LogP contribution >= 0.6 is 15.6 Å². The minimum Gasteiger partial charge on any atom is -0.462 e. The lowest BCUT2D eigenvalue weighted by Gasteiger charge is -2.21. The summed E-state index contributed by atoms with van der Waals surface area (Å²) in [5.41, 5.74) is 0. The standard InChI is InChI=1S/C87H142O17P2/c1-5-9-13-17-21-25-29-33-37-40-44-47-51-55-59-63-67-71-84(89)97-77-82(103-86(91)73-69-65-61-57-53-49-43-36-32-28-24-20-16-12-8-4)79-101-105(93,94)99-75-81(88)76-100-106(95,96)102-80-83(104-87(92)74-70-66-62-58-54-50-46-42-39-35-31-27-23-19-15-11-7-3)78-98-85(90)72-68-64-60-56-52-48-45-41-38-34-30-26-22-18-14-10-6-2/h9-16,21-28,33-39,43,53,57,65,69,81-83,88H,5-8,17-20,29-32,40-42,44-52,54-56,58-64,66-68,70-80H2,1-4H3,(H,93,94)(H,95,96)/b13-9-,14-10-,15-11-,16-12-,25-21-,26-22-,27-23-,28-24-,37-33-,38-34-,39-35-,43-36-,57-53-,69-65-. The Hall–Kier alpha value is -5.58. The fourth-order valence-electron chi connectivity index (χ4n) is 10.2. The molecule has 5 atom stereocenters. The van der Waals surface area contributed by atoms with Crippen molar-refractivity contribution in [2.45, 2.75) is 316 Å². The molecule has 0 saturated heterocycles. The summed E-state index contributed by atoms with van der Waals surface area (Å²) in [6.45, 7) is 4.28. The molecule has 19 heteroatoms. The SMILES string of the molecule is CC/C=C\C/C=C\C/C=C\C/C=C\C/C=C\CC(=O)OC(COC(=O)CCCCCCCCC/C=C\C/C=C\C/C=C\CC)COP(=O)(O)OCC(O)COP(=O)(O)OCC(COC(=O)CCCCCCCCC/C=C\C/C=C\C/C=C\CC)OC(=O)CCCCCCCCC/C=C\C/C=C\C/C=C\CC. The van der Waals surface area contributed by atoms with E-state index in [0.717, 1.165) is 218 Å². The third-order valence-electron chi connectivity index (χ3n) is 16.2. The first kappa shape index (κ1) is 100. The third kappa shape index (κ3) is 76.6. The van der Waals surface area contributed by atoms with Gasteiger partial charge in [0.25, 0.3) is 0 Å². The highest BCUT2D eigenvalue weighted by molar-refractivity contribution is 7.47. The van der Waals surface area contributed by atoms with Crippen LogP contribution in [-0.2, 0) is 65.4 Å². The summed E-state index contributed by atoms with van der Waals surface area (Å²) in [4.78, 5) is 73.1. The summed E-state index contributed by atoms with van der Waals surface area (Å²) in [7, 11) is -10.0. The van der Waals surface area contributed by atoms with Crippen molar-refractivity contribution in [3.63, 3.8) is 0 Å². The second kappa shape index (κ2) is 77.6. The van der Waals surface area contributed by atoms with E-state index in [1.165, 1.54) is 0 Å². The number of unbranched alkanes of at least 4 members (excludes halogenated alkanes) is 21. The van der Waals surface area contributed by atoms with Crippen molar-refractivity contribution in [1.29, 1.82) is 0 Å². The Morgan fingerprint density at radius 2 is 0.500 bits per heavy atom. The molecule has 5 unspecified atom stereocenters. The van der Waals surface area contributed by atoms with Gasteiger partial charge in [0.15, 0.2) is 12.2 Å². The second-order valence-electron chi connectivity index (χ2n) is 26.2. The zero-order valence-electron chi connectivity index (χ0n) is 65.8. The van der Waals surface area contributed by atoms with Gasteiger partial charge in [-0.2, -0.15) is 0 Å². The van der Waals surface area contributed by atoms with Crippen molar-refractivity contribution in [1.82, 2.24) is 0 Å². The first-order valence-electron chi connectivity index (χ1n) is 40.4. The number of ether oxygens (including phenoxy) is 4. The summed E-state index contributed by atoms with van der Waals surface area (Å²) in [6.07, 6.45) is 92.1. The third-order valence-corrected chi connectivity index (χ3v) is 18.1. The van der Waals surface area contributed by atoms with Gasteiger partial charge in [0.1, 0.15) is 19.3 Å². The Morgan fingerprint density at radius 1 is 0.274 bits per heavy atom. The number of aliphatic hydroxyl groups excluding tert-OH is 1. The van der Waals surface area contributed by atoms with Gasteiger partial charge in [0, 0.05) is 19.3 Å². The molecule has 0 aromatic heterocycles. The van der Waals surface area contributed by atoms with Gasteiger partial charge in [-0.25, -0.2) is 9.13 Å². The lowest BCUT2D eigenvalue weighted by atomic mass is 10.1. The van der Waals surface area contributed by atoms with E-state index in [9.17, 15) is 43.2 Å². The molecule has 0 saturated carbocycles. The molecule has 0 fully saturated rings. The van der Waals surface area contributed by atoms with Crippen LogP contribution in [0.15, 0.2) is 170 Å². The first-order valence-corrected chi connectivity index (χ1v) is 43.4. The molecular weight excluding hydrogens is 1380 g/mol. The van der Waals surface area contributed by atoms with Crippen LogP contribution in [0.25, 0.3) is 0 Å². The zero-order chi connectivity index (χ0) is 77.4. The Kier molecular flexibility index (Phi) is 73.5. The number of aliphatic hydroxyl groups is 1. The van der Waals surface area contributed by atoms with Crippen LogP contribution in [0.2, 0.25) is 0 Å². The summed E-state index contributed by atoms with van der Waals surface area (Å²) in [5.74, 6) is -2.36. The van der Waals surface area contributed by atoms with Crippen LogP contribution in [0.5, 0.6) is 0 Å². The molecular formula is C87H142O17P2. The fourth-order valence-corrected chi connectivity index (χ4v) is 11.8. The molecule has 602 valence electrons. The Balaban J connectivity index is 5.46. The average molecular weight is 1520 g/mol. The van der Waals surface area contributed by atoms with E-state index in [2.05, 4.69) is 174 Å². The van der Waals surface area contributed by atoms with Gasteiger partial charge < -0.3 is 33.8 Å². The molecule has 0 aliphatic rings. The van der Waals surface area contributed by atoms with E-state index < -0.39 is 97.5 Å². The first-order chi connectivity index (χ1) is 51.7. The number of phosphoric ester groups is 2. The van der Waals surface area contributed by atoms with Crippen LogP contribution in [0, 0.1) is 0 Å². The summed E-state index contributed by atoms with van der Waals surface area (Å²) < 4.78 is 68.5. The molecule has 3 N–H and O–H groups in total. The topological polar surface area (TPSA) is 237 Å². The monoisotopic (exact) mass is 1520 g/mol. The number of carbonyl (C=O) groups is 4. The lowest BCUT2D eigenvalue weighted by molar-refractivity contribution is -0.161. The summed E-state index contributed by atoms with van der Waals surface area (Å²) in [5, 5.41) is 10.6. The van der Waals surface area contributed by atoms with Gasteiger partial charge in [0.05, 0.1) is 32.8 Å². The maximum Gasteiger partial charge on any atom is 0.472 e. The van der Waals surface area contributed by atoms with Crippen molar-refractivity contribution in [3.05, 3.63) is 170 Å². The zero-order valence-corrected chi connectivity index (χ0v) is 67.6. The number of rotatable bonds is 74. The van der Waals surface area contributed by atoms with Gasteiger partial charge in [0.2, 0.25) is 0 Å². The molecule has 0 spiro atoms. The predicted molar refractivity (Wildman–Crippen MR) is 436 cm³/mol. The van der Waals surface area contributed by atoms with Crippen LogP contribution in [0.1, 0.15) is 297 Å². The fraction of sp³-hybridized carbons (Fsp3) is 0.632. The van der Waals surface area contributed by atoms with Crippen molar-refractivity contribution in [2.75, 3.05) is 39.6 Å². The van der Waals surface area contributed by atoms with E-state index in [-0.39, 0.29) is 25.7 Å². The van der Waals surface area contributed by atoms with Crippen molar-refractivity contribution < 1.29 is 80.2 Å². The van der Waals surface area contributed by atoms with Crippen molar-refractivity contribution >= 4 is 39.5 Å². The number of hydrogen-bond acceptors (Lipinski definition) is 15. The minimum atomic E-state index is -5.01. The molecule has 0 aliphatic carbocycles. The van der Waals surface area contributed by atoms with Crippen LogP contribution in [-0.4, -0.2) is 96.7 Å². The maximum atomic E-state index is 13.1. The quantitative estimate of drug-likeness (QED) is 0.0169. The van der Waals surface area contributed by atoms with Crippen LogP contribution < -0.4 is 0 Å². The molecule has 0 aliphatic heterocycles. The van der Waals surface area contributed by atoms with Crippen LogP contribution in [0.3, 0.4) is 0 Å². The van der Waals surface area contributed by atoms with Gasteiger partial charge >= 0.3 is 39.5 Å². The minimum absolute atomic E-state index is 0.0734. The highest BCUT2D eigenvalue weighted by Crippen LogP contribution is 2.45. The van der Waals surface area contributed by atoms with E-state index in [4.69, 9.17) is 37.0 Å². The van der Waals surface area contributed by atoms with E-state index in [0.29, 0.717) is 25.7 Å². The molecule has 106 heavy (non-hydrogen) atoms. The number of esters is 4. The van der Waals surface area contributed by atoms with Gasteiger partial charge in [-0.1, -0.05) is 294 Å². The molecule has 0 bridgehead atoms. The highest BCUT2D eigenvalue weighted by atomic mass is 31.2. The average Bonchev–Trinajstić information content (AvgIpc) is 0.909. The predicted octanol–water partition coefficient (Wildman–Crippen LogP) is 23.8. The smallest absolute Gasteiger partial charge is 0.462 e. The number of hydrogen-bond donors (Lipinski definition) is 3. The van der Waals surface area contributed by atoms with E-state index in [1.54, 1.807) is 12.2 Å². The molecule has 0 aromatic rings. The Bertz CT molecular complexity index is 2680.